The van der Waals surface area contributed by atoms with Gasteiger partial charge in [0.1, 0.15) is 0 Å². The minimum Gasteiger partial charge on any atom is -0.309 e. The standard InChI is InChI=1S/C62H42N2/c1-5-19-45(20-6-1)62(46-21-7-2-8-22-46,47-23-9-3-10-24-47)48-25-17-28-50(41-48)63-58-31-16-15-30-53(58)55-38-42(32-36-59(55)63)43-33-37-60-56(39-43)54-35-34-52-51-29-14-13-18-44(51)40-57(52)61(54)64(60)49-26-11-4-12-27-49/h1-39,41H,40H2. The van der Waals surface area contributed by atoms with E-state index >= 15 is 0 Å². The fraction of sp³-hybridized carbons (Fsp3) is 0.0323. The molecular weight excluding hydrogens is 773 g/mol. The first-order valence-corrected chi connectivity index (χ1v) is 22.3. The van der Waals surface area contributed by atoms with Crippen molar-refractivity contribution in [3.63, 3.8) is 0 Å². The average Bonchev–Trinajstić information content (AvgIpc) is 4.03. The number of hydrogen-bond donors (Lipinski definition) is 0. The average molecular weight is 815 g/mol. The largest absolute Gasteiger partial charge is 0.309 e. The van der Waals surface area contributed by atoms with Crippen LogP contribution in [0.15, 0.2) is 243 Å². The van der Waals surface area contributed by atoms with Gasteiger partial charge in [0.25, 0.3) is 0 Å². The highest BCUT2D eigenvalue weighted by Crippen LogP contribution is 2.48. The lowest BCUT2D eigenvalue weighted by molar-refractivity contribution is 0.744. The van der Waals surface area contributed by atoms with Gasteiger partial charge in [0.2, 0.25) is 0 Å². The molecule has 0 bridgehead atoms. The molecule has 64 heavy (non-hydrogen) atoms. The molecule has 0 N–H and O–H groups in total. The number of nitrogens with zero attached hydrogens (tertiary/aromatic N) is 2. The topological polar surface area (TPSA) is 9.86 Å². The van der Waals surface area contributed by atoms with Gasteiger partial charge in [-0.05, 0) is 110 Å². The Morgan fingerprint density at radius 1 is 0.312 bits per heavy atom. The van der Waals surface area contributed by atoms with E-state index in [0.29, 0.717) is 0 Å². The molecule has 0 fully saturated rings. The van der Waals surface area contributed by atoms with Crippen molar-refractivity contribution in [2.75, 3.05) is 0 Å². The first-order chi connectivity index (χ1) is 31.8. The van der Waals surface area contributed by atoms with Gasteiger partial charge in [-0.3, -0.25) is 0 Å². The van der Waals surface area contributed by atoms with E-state index in [4.69, 9.17) is 0 Å². The molecule has 300 valence electrons. The Bertz CT molecular complexity index is 3630. The summed E-state index contributed by atoms with van der Waals surface area (Å²) in [6, 6.07) is 89.6. The van der Waals surface area contributed by atoms with Gasteiger partial charge in [-0.15, -0.1) is 0 Å². The summed E-state index contributed by atoms with van der Waals surface area (Å²) in [7, 11) is 0. The third-order valence-electron chi connectivity index (χ3n) is 13.9. The third kappa shape index (κ3) is 5.39. The Kier molecular flexibility index (Phi) is 8.23. The molecule has 0 unspecified atom stereocenters. The van der Waals surface area contributed by atoms with E-state index in [1.165, 1.54) is 105 Å². The molecule has 0 amide bonds. The molecule has 2 heterocycles. The Morgan fingerprint density at radius 3 is 1.50 bits per heavy atom. The fourth-order valence-corrected chi connectivity index (χ4v) is 11.1. The summed E-state index contributed by atoms with van der Waals surface area (Å²) in [6.07, 6.45) is 0.939. The first kappa shape index (κ1) is 36.5. The smallest absolute Gasteiger partial charge is 0.0702 e. The highest BCUT2D eigenvalue weighted by Gasteiger charge is 2.38. The summed E-state index contributed by atoms with van der Waals surface area (Å²) in [5.74, 6) is 0. The lowest BCUT2D eigenvalue weighted by Gasteiger charge is -2.37. The van der Waals surface area contributed by atoms with Crippen LogP contribution in [0, 0.1) is 0 Å². The highest BCUT2D eigenvalue weighted by molar-refractivity contribution is 6.14. The number of aromatic nitrogens is 2. The molecule has 0 spiro atoms. The van der Waals surface area contributed by atoms with Crippen molar-refractivity contribution in [1.82, 2.24) is 9.13 Å². The maximum atomic E-state index is 2.49. The van der Waals surface area contributed by atoms with E-state index in [0.717, 1.165) is 12.1 Å². The predicted molar refractivity (Wildman–Crippen MR) is 267 cm³/mol. The molecule has 0 aliphatic heterocycles. The van der Waals surface area contributed by atoms with Crippen molar-refractivity contribution < 1.29 is 0 Å². The SMILES string of the molecule is c1ccc(-n2c3ccc(-c4ccc5c(c4)c4ccccc4n5-c4cccc(C(c5ccccc5)(c5ccccc5)c5ccccc5)c4)cc3c3ccc4c(c32)Cc2ccccc2-4)cc1. The van der Waals surface area contributed by atoms with E-state index in [1.54, 1.807) is 0 Å². The Morgan fingerprint density at radius 2 is 0.828 bits per heavy atom. The van der Waals surface area contributed by atoms with Gasteiger partial charge < -0.3 is 9.13 Å². The molecule has 1 aliphatic rings. The third-order valence-corrected chi connectivity index (χ3v) is 13.9. The second kappa shape index (κ2) is 14.4. The lowest BCUT2D eigenvalue weighted by atomic mass is 9.65. The van der Waals surface area contributed by atoms with Crippen molar-refractivity contribution >= 4 is 43.6 Å². The second-order valence-electron chi connectivity index (χ2n) is 17.2. The van der Waals surface area contributed by atoms with Crippen molar-refractivity contribution in [3.8, 4) is 33.6 Å². The first-order valence-electron chi connectivity index (χ1n) is 22.3. The Labute approximate surface area is 372 Å². The van der Waals surface area contributed by atoms with Crippen LogP contribution in [0.25, 0.3) is 77.2 Å². The zero-order valence-corrected chi connectivity index (χ0v) is 35.2. The number of benzene rings is 10. The number of fused-ring (bicyclic) bond motifs is 10. The highest BCUT2D eigenvalue weighted by atomic mass is 15.0. The van der Waals surface area contributed by atoms with E-state index in [2.05, 4.69) is 252 Å². The Hall–Kier alpha value is -8.20. The molecule has 0 atom stereocenters. The molecule has 0 radical (unpaired) electrons. The summed E-state index contributed by atoms with van der Waals surface area (Å²) in [5, 5.41) is 5.04. The quantitative estimate of drug-likeness (QED) is 0.142. The van der Waals surface area contributed by atoms with Crippen LogP contribution < -0.4 is 0 Å². The molecule has 12 aromatic rings. The summed E-state index contributed by atoms with van der Waals surface area (Å²) in [6.45, 7) is 0. The monoisotopic (exact) mass is 814 g/mol. The van der Waals surface area contributed by atoms with Crippen LogP contribution in [0.1, 0.15) is 33.4 Å². The minimum absolute atomic E-state index is 0.544. The number of hydrogen-bond acceptors (Lipinski definition) is 0. The van der Waals surface area contributed by atoms with Crippen LogP contribution in [0.4, 0.5) is 0 Å². The molecule has 0 saturated carbocycles. The van der Waals surface area contributed by atoms with Crippen LogP contribution in [-0.2, 0) is 11.8 Å². The molecule has 2 heteroatoms. The minimum atomic E-state index is -0.544. The maximum absolute atomic E-state index is 2.49. The molecule has 1 aliphatic carbocycles. The van der Waals surface area contributed by atoms with Crippen LogP contribution in [0.3, 0.4) is 0 Å². The molecule has 10 aromatic carbocycles. The van der Waals surface area contributed by atoms with Crippen molar-refractivity contribution in [2.45, 2.75) is 11.8 Å². The van der Waals surface area contributed by atoms with Gasteiger partial charge in [0.15, 0.2) is 0 Å². The van der Waals surface area contributed by atoms with Crippen LogP contribution >= 0.6 is 0 Å². The van der Waals surface area contributed by atoms with Gasteiger partial charge in [-0.1, -0.05) is 188 Å². The normalized spacial score (nSPS) is 12.3. The summed E-state index contributed by atoms with van der Waals surface area (Å²) in [5.41, 5.74) is 19.5. The maximum Gasteiger partial charge on any atom is 0.0702 e. The van der Waals surface area contributed by atoms with Gasteiger partial charge in [0, 0.05) is 39.3 Å². The zero-order chi connectivity index (χ0) is 42.2. The fourth-order valence-electron chi connectivity index (χ4n) is 11.1. The van der Waals surface area contributed by atoms with Gasteiger partial charge >= 0.3 is 0 Å². The van der Waals surface area contributed by atoms with Gasteiger partial charge in [0.05, 0.1) is 27.5 Å². The van der Waals surface area contributed by atoms with Gasteiger partial charge in [-0.2, -0.15) is 0 Å². The van der Waals surface area contributed by atoms with E-state index in [-0.39, 0.29) is 0 Å². The van der Waals surface area contributed by atoms with E-state index in [9.17, 15) is 0 Å². The van der Waals surface area contributed by atoms with Crippen molar-refractivity contribution in [1.29, 1.82) is 0 Å². The van der Waals surface area contributed by atoms with Crippen molar-refractivity contribution in [2.24, 2.45) is 0 Å². The molecular formula is C62H42N2. The summed E-state index contributed by atoms with van der Waals surface area (Å²) in [4.78, 5) is 0. The molecule has 2 nitrogen and oxygen atoms in total. The van der Waals surface area contributed by atoms with E-state index < -0.39 is 5.41 Å². The summed E-state index contributed by atoms with van der Waals surface area (Å²) >= 11 is 0. The van der Waals surface area contributed by atoms with Crippen LogP contribution in [0.5, 0.6) is 0 Å². The number of rotatable bonds is 7. The van der Waals surface area contributed by atoms with Gasteiger partial charge in [-0.25, -0.2) is 0 Å². The van der Waals surface area contributed by atoms with E-state index in [1.807, 2.05) is 0 Å². The molecule has 13 rings (SSSR count). The molecule has 0 saturated heterocycles. The predicted octanol–water partition coefficient (Wildman–Crippen LogP) is 15.5. The Balaban J connectivity index is 0.992. The van der Waals surface area contributed by atoms with Crippen molar-refractivity contribution in [3.05, 3.63) is 276 Å². The number of para-hydroxylation sites is 2. The molecule has 2 aromatic heterocycles. The van der Waals surface area contributed by atoms with Crippen LogP contribution in [-0.4, -0.2) is 9.13 Å². The summed E-state index contributed by atoms with van der Waals surface area (Å²) < 4.78 is 4.95. The van der Waals surface area contributed by atoms with Crippen LogP contribution in [0.2, 0.25) is 0 Å². The lowest BCUT2D eigenvalue weighted by Crippen LogP contribution is -2.31. The zero-order valence-electron chi connectivity index (χ0n) is 35.2. The second-order valence-corrected chi connectivity index (χ2v) is 17.2.